The minimum atomic E-state index is -3.77. The number of anilines is 3. The van der Waals surface area contributed by atoms with Gasteiger partial charge in [0, 0.05) is 24.8 Å². The van der Waals surface area contributed by atoms with E-state index >= 15 is 0 Å². The van der Waals surface area contributed by atoms with E-state index in [-0.39, 0.29) is 28.8 Å². The highest BCUT2D eigenvalue weighted by Crippen LogP contribution is 2.35. The molecule has 0 aliphatic carbocycles. The number of hydrogen-bond donors (Lipinski definition) is 2. The number of nitro groups is 1. The minimum Gasteiger partial charge on any atom is -0.482 e. The summed E-state index contributed by atoms with van der Waals surface area (Å²) in [7, 11) is -3.77. The molecule has 152 valence electrons. The smallest absolute Gasteiger partial charge is 0.294 e. The van der Waals surface area contributed by atoms with E-state index in [1.165, 1.54) is 16.4 Å². The monoisotopic (exact) mass is 418 g/mol. The Morgan fingerprint density at radius 3 is 2.62 bits per heavy atom. The van der Waals surface area contributed by atoms with Crippen molar-refractivity contribution in [3.8, 4) is 5.75 Å². The molecule has 0 atom stereocenters. The number of hydrogen-bond acceptors (Lipinski definition) is 7. The largest absolute Gasteiger partial charge is 0.482 e. The second-order valence-corrected chi connectivity index (χ2v) is 8.66. The predicted octanol–water partition coefficient (Wildman–Crippen LogP) is 2.45. The van der Waals surface area contributed by atoms with Gasteiger partial charge >= 0.3 is 0 Å². The van der Waals surface area contributed by atoms with Crippen LogP contribution in [0.4, 0.5) is 22.7 Å². The molecule has 1 saturated heterocycles. The molecule has 2 heterocycles. The Kier molecular flexibility index (Phi) is 4.84. The van der Waals surface area contributed by atoms with Crippen LogP contribution in [-0.2, 0) is 14.8 Å². The van der Waals surface area contributed by atoms with Gasteiger partial charge in [0.05, 0.1) is 15.5 Å². The van der Waals surface area contributed by atoms with Gasteiger partial charge in [-0.05, 0) is 43.2 Å². The molecule has 2 aliphatic heterocycles. The SMILES string of the molecule is O=C1COc2ccc(Nc3ccc(S(=O)(=O)N4CCCC4)cc3[N+](=O)[O-])cc2N1. The minimum absolute atomic E-state index is 0.0712. The highest BCUT2D eigenvalue weighted by atomic mass is 32.2. The third-order valence-electron chi connectivity index (χ3n) is 4.76. The van der Waals surface area contributed by atoms with Crippen molar-refractivity contribution >= 4 is 38.7 Å². The Labute approximate surface area is 166 Å². The van der Waals surface area contributed by atoms with Crippen molar-refractivity contribution in [2.45, 2.75) is 17.7 Å². The summed E-state index contributed by atoms with van der Waals surface area (Å²) in [4.78, 5) is 22.3. The van der Waals surface area contributed by atoms with E-state index in [1.54, 1.807) is 18.2 Å². The Morgan fingerprint density at radius 2 is 1.90 bits per heavy atom. The number of sulfonamides is 1. The number of nitrogens with one attached hydrogen (secondary N) is 2. The van der Waals surface area contributed by atoms with Crippen molar-refractivity contribution in [1.82, 2.24) is 4.31 Å². The zero-order valence-electron chi connectivity index (χ0n) is 15.3. The van der Waals surface area contributed by atoms with Crippen LogP contribution in [0.1, 0.15) is 12.8 Å². The number of carbonyl (C=O) groups excluding carboxylic acids is 1. The normalized spacial score (nSPS) is 16.6. The predicted molar refractivity (Wildman–Crippen MR) is 105 cm³/mol. The van der Waals surface area contributed by atoms with Crippen LogP contribution in [0.2, 0.25) is 0 Å². The van der Waals surface area contributed by atoms with Crippen LogP contribution in [0.3, 0.4) is 0 Å². The molecule has 1 amide bonds. The Morgan fingerprint density at radius 1 is 1.14 bits per heavy atom. The molecule has 2 aromatic rings. The number of rotatable bonds is 5. The van der Waals surface area contributed by atoms with Crippen LogP contribution in [-0.4, -0.2) is 43.2 Å². The molecule has 0 radical (unpaired) electrons. The first-order valence-electron chi connectivity index (χ1n) is 8.97. The zero-order valence-corrected chi connectivity index (χ0v) is 16.1. The standard InChI is InChI=1S/C18H18N4O6S/c23-18-11-28-17-6-3-12(9-15(17)20-18)19-14-5-4-13(10-16(14)22(24)25)29(26,27)21-7-1-2-8-21/h3-6,9-10,19H,1-2,7-8,11H2,(H,20,23). The lowest BCUT2D eigenvalue weighted by atomic mass is 10.2. The Bertz CT molecular complexity index is 1100. The maximum atomic E-state index is 12.7. The number of ether oxygens (including phenoxy) is 1. The number of nitro benzene ring substituents is 1. The van der Waals surface area contributed by atoms with E-state index in [2.05, 4.69) is 10.6 Å². The molecule has 11 heteroatoms. The van der Waals surface area contributed by atoms with E-state index in [9.17, 15) is 23.3 Å². The lowest BCUT2D eigenvalue weighted by molar-refractivity contribution is -0.384. The molecule has 10 nitrogen and oxygen atoms in total. The molecule has 0 unspecified atom stereocenters. The van der Waals surface area contributed by atoms with Gasteiger partial charge in [-0.1, -0.05) is 0 Å². The first kappa shape index (κ1) is 19.2. The van der Waals surface area contributed by atoms with Gasteiger partial charge in [-0.25, -0.2) is 8.42 Å². The van der Waals surface area contributed by atoms with Crippen molar-refractivity contribution in [2.24, 2.45) is 0 Å². The molecule has 4 rings (SSSR count). The Hall–Kier alpha value is -3.18. The lowest BCUT2D eigenvalue weighted by Crippen LogP contribution is -2.27. The van der Waals surface area contributed by atoms with Gasteiger partial charge in [0.1, 0.15) is 11.4 Å². The molecule has 2 aromatic carbocycles. The summed E-state index contributed by atoms with van der Waals surface area (Å²) < 4.78 is 32.0. The van der Waals surface area contributed by atoms with Gasteiger partial charge in [-0.2, -0.15) is 4.31 Å². The fourth-order valence-corrected chi connectivity index (χ4v) is 4.86. The maximum absolute atomic E-state index is 12.7. The summed E-state index contributed by atoms with van der Waals surface area (Å²) in [6.45, 7) is 0.760. The zero-order chi connectivity index (χ0) is 20.6. The molecule has 2 N–H and O–H groups in total. The fraction of sp³-hybridized carbons (Fsp3) is 0.278. The van der Waals surface area contributed by atoms with Crippen LogP contribution < -0.4 is 15.4 Å². The number of fused-ring (bicyclic) bond motifs is 1. The molecule has 2 aliphatic rings. The summed E-state index contributed by atoms with van der Waals surface area (Å²) in [6, 6.07) is 8.66. The highest BCUT2D eigenvalue weighted by molar-refractivity contribution is 7.89. The molecule has 0 bridgehead atoms. The van der Waals surface area contributed by atoms with Crippen molar-refractivity contribution in [1.29, 1.82) is 0 Å². The topological polar surface area (TPSA) is 131 Å². The van der Waals surface area contributed by atoms with Crippen LogP contribution in [0.25, 0.3) is 0 Å². The van der Waals surface area contributed by atoms with Gasteiger partial charge < -0.3 is 15.4 Å². The molecule has 0 spiro atoms. The average molecular weight is 418 g/mol. The summed E-state index contributed by atoms with van der Waals surface area (Å²) in [5, 5.41) is 17.1. The number of amides is 1. The van der Waals surface area contributed by atoms with Gasteiger partial charge in [0.15, 0.2) is 6.61 Å². The quantitative estimate of drug-likeness (QED) is 0.563. The van der Waals surface area contributed by atoms with Crippen LogP contribution in [0.15, 0.2) is 41.3 Å². The van der Waals surface area contributed by atoms with E-state index in [0.717, 1.165) is 18.9 Å². The third-order valence-corrected chi connectivity index (χ3v) is 6.65. The second-order valence-electron chi connectivity index (χ2n) is 6.72. The van der Waals surface area contributed by atoms with Gasteiger partial charge in [-0.15, -0.1) is 0 Å². The number of carbonyl (C=O) groups is 1. The van der Waals surface area contributed by atoms with Crippen molar-refractivity contribution in [2.75, 3.05) is 30.3 Å². The molecule has 0 aromatic heterocycles. The van der Waals surface area contributed by atoms with Crippen LogP contribution in [0.5, 0.6) is 5.75 Å². The molecule has 0 saturated carbocycles. The Balaban J connectivity index is 1.65. The van der Waals surface area contributed by atoms with E-state index in [1.807, 2.05) is 0 Å². The van der Waals surface area contributed by atoms with Crippen molar-refractivity contribution < 1.29 is 22.9 Å². The second kappa shape index (κ2) is 7.33. The third kappa shape index (κ3) is 3.74. The summed E-state index contributed by atoms with van der Waals surface area (Å²) in [6.07, 6.45) is 1.55. The maximum Gasteiger partial charge on any atom is 0.294 e. The molecular formula is C18H18N4O6S. The van der Waals surface area contributed by atoms with E-state index in [0.29, 0.717) is 30.2 Å². The van der Waals surface area contributed by atoms with Crippen LogP contribution >= 0.6 is 0 Å². The van der Waals surface area contributed by atoms with E-state index < -0.39 is 14.9 Å². The highest BCUT2D eigenvalue weighted by Gasteiger charge is 2.29. The summed E-state index contributed by atoms with van der Waals surface area (Å²) in [5.74, 6) is 0.203. The molecule has 29 heavy (non-hydrogen) atoms. The van der Waals surface area contributed by atoms with E-state index in [4.69, 9.17) is 4.74 Å². The molecule has 1 fully saturated rings. The summed E-state index contributed by atoms with van der Waals surface area (Å²) >= 11 is 0. The van der Waals surface area contributed by atoms with Gasteiger partial charge in [0.25, 0.3) is 11.6 Å². The fourth-order valence-electron chi connectivity index (χ4n) is 3.32. The first-order valence-corrected chi connectivity index (χ1v) is 10.4. The first-order chi connectivity index (χ1) is 13.8. The molecular weight excluding hydrogens is 400 g/mol. The van der Waals surface area contributed by atoms with Crippen molar-refractivity contribution in [3.05, 3.63) is 46.5 Å². The van der Waals surface area contributed by atoms with Gasteiger partial charge in [0.2, 0.25) is 10.0 Å². The number of benzene rings is 2. The average Bonchev–Trinajstić information content (AvgIpc) is 3.23. The van der Waals surface area contributed by atoms with Crippen LogP contribution in [0, 0.1) is 10.1 Å². The van der Waals surface area contributed by atoms with Crippen molar-refractivity contribution in [3.63, 3.8) is 0 Å². The number of nitrogens with zero attached hydrogens (tertiary/aromatic N) is 2. The summed E-state index contributed by atoms with van der Waals surface area (Å²) in [5.41, 5.74) is 0.705. The van der Waals surface area contributed by atoms with Gasteiger partial charge in [-0.3, -0.25) is 14.9 Å². The lowest BCUT2D eigenvalue weighted by Gasteiger charge is -2.19.